The number of hydrogen-bond acceptors (Lipinski definition) is 4. The highest BCUT2D eigenvalue weighted by Crippen LogP contribution is 2.26. The summed E-state index contributed by atoms with van der Waals surface area (Å²) in [5.41, 5.74) is 2.17. The van der Waals surface area contributed by atoms with Crippen LogP contribution in [0.2, 0.25) is 0 Å². The van der Waals surface area contributed by atoms with E-state index in [0.717, 1.165) is 31.2 Å². The summed E-state index contributed by atoms with van der Waals surface area (Å²) in [6.45, 7) is 2.93. The molecule has 0 spiro atoms. The molecule has 0 atom stereocenters. The molecule has 2 heterocycles. The molecule has 5 nitrogen and oxygen atoms in total. The fourth-order valence-corrected chi connectivity index (χ4v) is 5.60. The molecule has 0 bridgehead atoms. The molecule has 3 rings (SSSR count). The third-order valence-electron chi connectivity index (χ3n) is 4.60. The van der Waals surface area contributed by atoms with Crippen molar-refractivity contribution in [3.8, 4) is 0 Å². The fourth-order valence-electron chi connectivity index (χ4n) is 3.16. The Morgan fingerprint density at radius 1 is 1.15 bits per heavy atom. The van der Waals surface area contributed by atoms with Gasteiger partial charge in [-0.25, -0.2) is 8.42 Å². The second-order valence-corrected chi connectivity index (χ2v) is 9.34. The largest absolute Gasteiger partial charge is 0.326 e. The van der Waals surface area contributed by atoms with Crippen molar-refractivity contribution >= 4 is 33.0 Å². The maximum Gasteiger partial charge on any atom is 0.243 e. The Balaban J connectivity index is 1.79. The number of hydrogen-bond donors (Lipinski definition) is 1. The lowest BCUT2D eigenvalue weighted by atomic mass is 10.2. The predicted octanol–water partition coefficient (Wildman–Crippen LogP) is 3.80. The van der Waals surface area contributed by atoms with Gasteiger partial charge in [0.05, 0.1) is 11.3 Å². The van der Waals surface area contributed by atoms with E-state index in [4.69, 9.17) is 0 Å². The average molecular weight is 393 g/mol. The van der Waals surface area contributed by atoms with Gasteiger partial charge in [0, 0.05) is 18.8 Å². The van der Waals surface area contributed by atoms with Gasteiger partial charge in [-0.15, -0.1) is 0 Å². The van der Waals surface area contributed by atoms with Crippen molar-refractivity contribution in [2.24, 2.45) is 0 Å². The van der Waals surface area contributed by atoms with Crippen molar-refractivity contribution in [1.82, 2.24) is 4.31 Å². The van der Waals surface area contributed by atoms with Crippen LogP contribution in [0.25, 0.3) is 0 Å². The van der Waals surface area contributed by atoms with Gasteiger partial charge in [0.15, 0.2) is 0 Å². The van der Waals surface area contributed by atoms with Crippen molar-refractivity contribution in [3.05, 3.63) is 46.2 Å². The molecule has 0 saturated carbocycles. The van der Waals surface area contributed by atoms with Crippen molar-refractivity contribution in [2.75, 3.05) is 18.4 Å². The van der Waals surface area contributed by atoms with Crippen LogP contribution in [-0.4, -0.2) is 31.7 Å². The van der Waals surface area contributed by atoms with E-state index >= 15 is 0 Å². The highest BCUT2D eigenvalue weighted by atomic mass is 32.2. The molecule has 140 valence electrons. The van der Waals surface area contributed by atoms with Gasteiger partial charge >= 0.3 is 0 Å². The van der Waals surface area contributed by atoms with Gasteiger partial charge in [-0.05, 0) is 59.9 Å². The first-order valence-electron chi connectivity index (χ1n) is 8.88. The van der Waals surface area contributed by atoms with E-state index in [9.17, 15) is 13.2 Å². The lowest BCUT2D eigenvalue weighted by Gasteiger charge is -2.21. The molecule has 1 amide bonds. The molecule has 1 aromatic carbocycles. The van der Waals surface area contributed by atoms with Crippen LogP contribution in [0.15, 0.2) is 39.9 Å². The predicted molar refractivity (Wildman–Crippen MR) is 105 cm³/mol. The Morgan fingerprint density at radius 2 is 1.88 bits per heavy atom. The lowest BCUT2D eigenvalue weighted by molar-refractivity contribution is -0.115. The molecule has 0 aliphatic carbocycles. The van der Waals surface area contributed by atoms with Gasteiger partial charge in [-0.3, -0.25) is 4.79 Å². The van der Waals surface area contributed by atoms with Crippen molar-refractivity contribution in [3.63, 3.8) is 0 Å². The first kappa shape index (κ1) is 19.1. The molecule has 1 aliphatic rings. The third kappa shape index (κ3) is 4.52. The molecule has 2 aromatic rings. The van der Waals surface area contributed by atoms with E-state index < -0.39 is 10.0 Å². The molecule has 0 unspecified atom stereocenters. The van der Waals surface area contributed by atoms with E-state index in [1.807, 2.05) is 16.8 Å². The second-order valence-electron chi connectivity index (χ2n) is 6.66. The topological polar surface area (TPSA) is 66.5 Å². The van der Waals surface area contributed by atoms with Gasteiger partial charge in [0.2, 0.25) is 15.9 Å². The van der Waals surface area contributed by atoms with Gasteiger partial charge in [0.1, 0.15) is 0 Å². The number of carbonyl (C=O) groups is 1. The molecule has 0 radical (unpaired) electrons. The number of sulfonamides is 1. The van der Waals surface area contributed by atoms with Crippen LogP contribution in [-0.2, 0) is 21.2 Å². The fraction of sp³-hybridized carbons (Fsp3) is 0.421. The number of benzene rings is 1. The van der Waals surface area contributed by atoms with Crippen molar-refractivity contribution < 1.29 is 13.2 Å². The average Bonchev–Trinajstić information content (AvgIpc) is 2.94. The highest BCUT2D eigenvalue weighted by Gasteiger charge is 2.27. The second kappa shape index (κ2) is 8.33. The minimum atomic E-state index is -3.54. The van der Waals surface area contributed by atoms with Gasteiger partial charge < -0.3 is 5.32 Å². The van der Waals surface area contributed by atoms with Gasteiger partial charge in [0.25, 0.3) is 0 Å². The Hall–Kier alpha value is -1.70. The first-order chi connectivity index (χ1) is 12.5. The SMILES string of the molecule is Cc1ccc(NC(=O)Cc2ccsc2)cc1S(=O)(=O)N1CCCCCC1. The number of thiophene rings is 1. The first-order valence-corrected chi connectivity index (χ1v) is 11.3. The number of aryl methyl sites for hydroxylation is 1. The summed E-state index contributed by atoms with van der Waals surface area (Å²) in [6, 6.07) is 7.00. The number of amides is 1. The number of rotatable bonds is 5. The van der Waals surface area contributed by atoms with E-state index in [-0.39, 0.29) is 17.2 Å². The zero-order valence-corrected chi connectivity index (χ0v) is 16.5. The molecule has 26 heavy (non-hydrogen) atoms. The van der Waals surface area contributed by atoms with Crippen molar-refractivity contribution in [1.29, 1.82) is 0 Å². The summed E-state index contributed by atoms with van der Waals surface area (Å²) in [6.07, 6.45) is 4.23. The molecule has 1 saturated heterocycles. The maximum absolute atomic E-state index is 13.1. The normalized spacial score (nSPS) is 16.2. The summed E-state index contributed by atoms with van der Waals surface area (Å²) in [4.78, 5) is 12.5. The quantitative estimate of drug-likeness (QED) is 0.842. The summed E-state index contributed by atoms with van der Waals surface area (Å²) in [5, 5.41) is 6.68. The Kier molecular flexibility index (Phi) is 6.11. The summed E-state index contributed by atoms with van der Waals surface area (Å²) >= 11 is 1.55. The van der Waals surface area contributed by atoms with Crippen LogP contribution in [0, 0.1) is 6.92 Å². The highest BCUT2D eigenvalue weighted by molar-refractivity contribution is 7.89. The Morgan fingerprint density at radius 3 is 2.54 bits per heavy atom. The Labute approximate surface area is 159 Å². The van der Waals surface area contributed by atoms with Crippen LogP contribution in [0.4, 0.5) is 5.69 Å². The van der Waals surface area contributed by atoms with Crippen LogP contribution in [0.3, 0.4) is 0 Å². The van der Waals surface area contributed by atoms with E-state index in [0.29, 0.717) is 24.3 Å². The summed E-state index contributed by atoms with van der Waals surface area (Å²) in [5.74, 6) is -0.148. The minimum Gasteiger partial charge on any atom is -0.326 e. The van der Waals surface area contributed by atoms with E-state index in [2.05, 4.69) is 5.32 Å². The molecule has 1 aliphatic heterocycles. The molecule has 1 fully saturated rings. The van der Waals surface area contributed by atoms with E-state index in [1.54, 1.807) is 40.8 Å². The minimum absolute atomic E-state index is 0.148. The molecular formula is C19H24N2O3S2. The maximum atomic E-state index is 13.1. The van der Waals surface area contributed by atoms with Crippen LogP contribution in [0.1, 0.15) is 36.8 Å². The van der Waals surface area contributed by atoms with Gasteiger partial charge in [-0.2, -0.15) is 15.6 Å². The monoisotopic (exact) mass is 392 g/mol. The zero-order valence-electron chi connectivity index (χ0n) is 14.9. The third-order valence-corrected chi connectivity index (χ3v) is 7.37. The smallest absolute Gasteiger partial charge is 0.243 e. The number of nitrogens with zero attached hydrogens (tertiary/aromatic N) is 1. The van der Waals surface area contributed by atoms with E-state index in [1.165, 1.54) is 0 Å². The van der Waals surface area contributed by atoms with Crippen LogP contribution >= 0.6 is 11.3 Å². The zero-order chi connectivity index (χ0) is 18.6. The van der Waals surface area contributed by atoms with Crippen LogP contribution in [0.5, 0.6) is 0 Å². The molecule has 1 N–H and O–H groups in total. The number of nitrogens with one attached hydrogen (secondary N) is 1. The summed E-state index contributed by atoms with van der Waals surface area (Å²) < 4.78 is 27.7. The standard InChI is InChI=1S/C19H24N2O3S2/c1-15-6-7-17(20-19(22)12-16-8-11-25-14-16)13-18(15)26(23,24)21-9-4-2-3-5-10-21/h6-8,11,13-14H,2-5,9-10,12H2,1H3,(H,20,22). The molecule has 7 heteroatoms. The van der Waals surface area contributed by atoms with Gasteiger partial charge in [-0.1, -0.05) is 18.9 Å². The Bertz CT molecular complexity index is 853. The molecular weight excluding hydrogens is 368 g/mol. The molecule has 1 aromatic heterocycles. The van der Waals surface area contributed by atoms with Crippen LogP contribution < -0.4 is 5.32 Å². The van der Waals surface area contributed by atoms with Crippen molar-refractivity contribution in [2.45, 2.75) is 43.9 Å². The number of anilines is 1. The summed E-state index contributed by atoms with van der Waals surface area (Å²) in [7, 11) is -3.54. The number of carbonyl (C=O) groups excluding carboxylic acids is 1. The lowest BCUT2D eigenvalue weighted by Crippen LogP contribution is -2.32.